The Balaban J connectivity index is 2.26. The Hall–Kier alpha value is -0.940. The van der Waals surface area contributed by atoms with Crippen molar-refractivity contribution in [3.05, 3.63) is 24.2 Å². The van der Waals surface area contributed by atoms with E-state index in [-0.39, 0.29) is 6.04 Å². The lowest BCUT2D eigenvalue weighted by atomic mass is 10.1. The van der Waals surface area contributed by atoms with Gasteiger partial charge < -0.3 is 14.5 Å². The number of halogens is 2. The number of rotatable bonds is 10. The van der Waals surface area contributed by atoms with Crippen LogP contribution in [-0.2, 0) is 11.2 Å². The van der Waals surface area contributed by atoms with Gasteiger partial charge in [0.2, 0.25) is 0 Å². The maximum absolute atomic E-state index is 11.9. The predicted molar refractivity (Wildman–Crippen MR) is 65.9 cm³/mol. The average Bonchev–Trinajstić information content (AvgIpc) is 2.83. The maximum Gasteiger partial charge on any atom is 0.261 e. The molecule has 0 radical (unpaired) electrons. The molecule has 1 unspecified atom stereocenters. The molecule has 1 heterocycles. The van der Waals surface area contributed by atoms with Gasteiger partial charge in [0.15, 0.2) is 0 Å². The predicted octanol–water partition coefficient (Wildman–Crippen LogP) is 2.86. The molecular formula is C13H21F2NO2. The van der Waals surface area contributed by atoms with E-state index in [0.717, 1.165) is 25.1 Å². The van der Waals surface area contributed by atoms with E-state index in [2.05, 4.69) is 12.2 Å². The normalized spacial score (nSPS) is 13.1. The van der Waals surface area contributed by atoms with Gasteiger partial charge in [-0.3, -0.25) is 0 Å². The minimum absolute atomic E-state index is 0.203. The van der Waals surface area contributed by atoms with Gasteiger partial charge in [0, 0.05) is 19.1 Å². The minimum atomic E-state index is -2.39. The van der Waals surface area contributed by atoms with Gasteiger partial charge in [-0.25, -0.2) is 8.78 Å². The smallest absolute Gasteiger partial charge is 0.261 e. The molecule has 1 aromatic rings. The second-order valence-electron chi connectivity index (χ2n) is 4.19. The molecule has 1 aromatic heterocycles. The van der Waals surface area contributed by atoms with Crippen LogP contribution in [0.5, 0.6) is 0 Å². The van der Waals surface area contributed by atoms with Crippen LogP contribution in [0, 0.1) is 0 Å². The first-order valence-electron chi connectivity index (χ1n) is 6.34. The van der Waals surface area contributed by atoms with E-state index < -0.39 is 13.0 Å². The molecule has 0 saturated carbocycles. The highest BCUT2D eigenvalue weighted by Gasteiger charge is 2.11. The third kappa shape index (κ3) is 6.71. The summed E-state index contributed by atoms with van der Waals surface area (Å²) in [5.41, 5.74) is 0. The molecule has 5 heteroatoms. The Kier molecular flexibility index (Phi) is 7.60. The molecule has 0 spiro atoms. The lowest BCUT2D eigenvalue weighted by molar-refractivity contribution is 0.0143. The fourth-order valence-electron chi connectivity index (χ4n) is 1.69. The van der Waals surface area contributed by atoms with Gasteiger partial charge in [-0.2, -0.15) is 0 Å². The van der Waals surface area contributed by atoms with Crippen LogP contribution < -0.4 is 5.32 Å². The van der Waals surface area contributed by atoms with Crippen molar-refractivity contribution in [2.45, 2.75) is 38.7 Å². The first-order chi connectivity index (χ1) is 8.72. The van der Waals surface area contributed by atoms with Crippen LogP contribution in [0.2, 0.25) is 0 Å². The van der Waals surface area contributed by atoms with E-state index in [4.69, 9.17) is 9.15 Å². The molecule has 0 aromatic carbocycles. The van der Waals surface area contributed by atoms with Crippen LogP contribution in [-0.4, -0.2) is 32.2 Å². The van der Waals surface area contributed by atoms with Crippen molar-refractivity contribution in [3.8, 4) is 0 Å². The maximum atomic E-state index is 11.9. The molecule has 0 aliphatic carbocycles. The molecule has 0 saturated heterocycles. The van der Waals surface area contributed by atoms with Gasteiger partial charge in [0.25, 0.3) is 6.43 Å². The summed E-state index contributed by atoms with van der Waals surface area (Å²) in [6.45, 7) is 2.85. The number of hydrogen-bond donors (Lipinski definition) is 1. The molecule has 104 valence electrons. The summed E-state index contributed by atoms with van der Waals surface area (Å²) < 4.78 is 34.0. The lowest BCUT2D eigenvalue weighted by Crippen LogP contribution is -2.33. The van der Waals surface area contributed by atoms with Crippen molar-refractivity contribution in [2.75, 3.05) is 19.8 Å². The van der Waals surface area contributed by atoms with E-state index in [1.54, 1.807) is 6.26 Å². The van der Waals surface area contributed by atoms with Crippen LogP contribution in [0.15, 0.2) is 22.8 Å². The Bertz CT molecular complexity index is 291. The molecule has 0 aliphatic heterocycles. The van der Waals surface area contributed by atoms with Crippen LogP contribution in [0.25, 0.3) is 0 Å². The largest absolute Gasteiger partial charge is 0.469 e. The SMILES string of the molecule is CCCNC(CCOCC(F)F)Cc1ccco1. The molecule has 18 heavy (non-hydrogen) atoms. The zero-order valence-electron chi connectivity index (χ0n) is 10.7. The van der Waals surface area contributed by atoms with Crippen LogP contribution in [0.4, 0.5) is 8.78 Å². The average molecular weight is 261 g/mol. The van der Waals surface area contributed by atoms with Crippen molar-refractivity contribution < 1.29 is 17.9 Å². The molecule has 0 amide bonds. The van der Waals surface area contributed by atoms with Crippen LogP contribution in [0.3, 0.4) is 0 Å². The van der Waals surface area contributed by atoms with E-state index in [1.807, 2.05) is 12.1 Å². The summed E-state index contributed by atoms with van der Waals surface area (Å²) in [5.74, 6) is 0.900. The molecule has 1 atom stereocenters. The zero-order valence-corrected chi connectivity index (χ0v) is 10.7. The Morgan fingerprint density at radius 1 is 1.44 bits per heavy atom. The van der Waals surface area contributed by atoms with E-state index in [9.17, 15) is 8.78 Å². The van der Waals surface area contributed by atoms with Gasteiger partial charge in [0.05, 0.1) is 6.26 Å². The van der Waals surface area contributed by atoms with E-state index in [1.165, 1.54) is 0 Å². The third-order valence-corrected chi connectivity index (χ3v) is 2.57. The standard InChI is InChI=1S/C13H21F2NO2/c1-2-6-16-11(5-8-17-10-13(14)15)9-12-4-3-7-18-12/h3-4,7,11,13,16H,2,5-6,8-10H2,1H3. The van der Waals surface area contributed by atoms with E-state index >= 15 is 0 Å². The lowest BCUT2D eigenvalue weighted by Gasteiger charge is -2.17. The van der Waals surface area contributed by atoms with Crippen molar-refractivity contribution in [1.82, 2.24) is 5.32 Å². The van der Waals surface area contributed by atoms with Crippen molar-refractivity contribution in [3.63, 3.8) is 0 Å². The highest BCUT2D eigenvalue weighted by Crippen LogP contribution is 2.07. The fourth-order valence-corrected chi connectivity index (χ4v) is 1.69. The van der Waals surface area contributed by atoms with Gasteiger partial charge in [-0.15, -0.1) is 0 Å². The van der Waals surface area contributed by atoms with Gasteiger partial charge >= 0.3 is 0 Å². The Morgan fingerprint density at radius 2 is 2.28 bits per heavy atom. The second-order valence-corrected chi connectivity index (χ2v) is 4.19. The highest BCUT2D eigenvalue weighted by atomic mass is 19.3. The summed E-state index contributed by atoms with van der Waals surface area (Å²) in [6, 6.07) is 3.97. The number of alkyl halides is 2. The molecular weight excluding hydrogens is 240 g/mol. The molecule has 1 N–H and O–H groups in total. The number of nitrogens with one attached hydrogen (secondary N) is 1. The topological polar surface area (TPSA) is 34.4 Å². The summed E-state index contributed by atoms with van der Waals surface area (Å²) >= 11 is 0. The zero-order chi connectivity index (χ0) is 13.2. The Labute approximate surface area is 107 Å². The Morgan fingerprint density at radius 3 is 2.89 bits per heavy atom. The third-order valence-electron chi connectivity index (χ3n) is 2.57. The summed E-state index contributed by atoms with van der Waals surface area (Å²) in [7, 11) is 0. The molecule has 3 nitrogen and oxygen atoms in total. The number of hydrogen-bond acceptors (Lipinski definition) is 3. The number of ether oxygens (including phenoxy) is 1. The summed E-state index contributed by atoms with van der Waals surface area (Å²) in [4.78, 5) is 0. The van der Waals surface area contributed by atoms with Gasteiger partial charge in [0.1, 0.15) is 12.4 Å². The van der Waals surface area contributed by atoms with Crippen LogP contribution >= 0.6 is 0 Å². The molecule has 1 rings (SSSR count). The summed E-state index contributed by atoms with van der Waals surface area (Å²) in [6.07, 6.45) is 1.74. The van der Waals surface area contributed by atoms with Gasteiger partial charge in [-0.05, 0) is 31.5 Å². The van der Waals surface area contributed by atoms with Crippen molar-refractivity contribution in [2.24, 2.45) is 0 Å². The summed E-state index contributed by atoms with van der Waals surface area (Å²) in [5, 5.41) is 3.37. The molecule has 0 aliphatic rings. The molecule has 0 bridgehead atoms. The van der Waals surface area contributed by atoms with Gasteiger partial charge in [-0.1, -0.05) is 6.92 Å². The molecule has 0 fully saturated rings. The fraction of sp³-hybridized carbons (Fsp3) is 0.692. The monoisotopic (exact) mass is 261 g/mol. The quantitative estimate of drug-likeness (QED) is 0.658. The highest BCUT2D eigenvalue weighted by molar-refractivity contribution is 5.00. The minimum Gasteiger partial charge on any atom is -0.469 e. The van der Waals surface area contributed by atoms with Crippen molar-refractivity contribution in [1.29, 1.82) is 0 Å². The van der Waals surface area contributed by atoms with Crippen LogP contribution in [0.1, 0.15) is 25.5 Å². The second kappa shape index (κ2) is 9.05. The number of furan rings is 1. The van der Waals surface area contributed by atoms with Crippen molar-refractivity contribution >= 4 is 0 Å². The van der Waals surface area contributed by atoms with E-state index in [0.29, 0.717) is 13.0 Å². The first kappa shape index (κ1) is 15.1. The first-order valence-corrected chi connectivity index (χ1v) is 6.34.